The molecule has 0 aliphatic heterocycles. The first-order valence-electron chi connectivity index (χ1n) is 4.98. The fraction of sp³-hybridized carbons (Fsp3) is 0.200. The lowest BCUT2D eigenvalue weighted by molar-refractivity contribution is 0.102. The van der Waals surface area contributed by atoms with Crippen LogP contribution in [0.15, 0.2) is 18.2 Å². The van der Waals surface area contributed by atoms with E-state index in [0.29, 0.717) is 11.3 Å². The Morgan fingerprint density at radius 2 is 2.24 bits per heavy atom. The van der Waals surface area contributed by atoms with E-state index in [1.807, 2.05) is 6.92 Å². The summed E-state index contributed by atoms with van der Waals surface area (Å²) in [7, 11) is 1.62. The highest BCUT2D eigenvalue weighted by atomic mass is 16.1. The van der Waals surface area contributed by atoms with Gasteiger partial charge >= 0.3 is 0 Å². The van der Waals surface area contributed by atoms with Crippen LogP contribution in [-0.4, -0.2) is 26.1 Å². The number of nitrogens with one attached hydrogen (secondary N) is 1. The maximum Gasteiger partial charge on any atom is 0.270 e. The predicted octanol–water partition coefficient (Wildman–Crippen LogP) is 0.353. The number of nitrogens with two attached hydrogens (primary N) is 1. The molecule has 0 unspecified atom stereocenters. The first kappa shape index (κ1) is 11.1. The highest BCUT2D eigenvalue weighted by Gasteiger charge is 2.11. The minimum absolute atomic E-state index is 0.175. The fourth-order valence-electron chi connectivity index (χ4n) is 1.44. The summed E-state index contributed by atoms with van der Waals surface area (Å²) in [6.07, 6.45) is 0. The van der Waals surface area contributed by atoms with E-state index >= 15 is 0 Å². The van der Waals surface area contributed by atoms with Gasteiger partial charge in [0.1, 0.15) is 0 Å². The number of carbonyl (C=O) groups is 1. The van der Waals surface area contributed by atoms with Crippen molar-refractivity contribution in [1.29, 1.82) is 0 Å². The zero-order valence-electron chi connectivity index (χ0n) is 9.51. The highest BCUT2D eigenvalue weighted by molar-refractivity contribution is 6.04. The molecule has 0 bridgehead atoms. The molecule has 7 nitrogen and oxygen atoms in total. The Balaban J connectivity index is 2.20. The number of nitrogens with zero attached hydrogens (tertiary/aromatic N) is 4. The highest BCUT2D eigenvalue weighted by Crippen LogP contribution is 2.13. The Labute approximate surface area is 97.6 Å². The monoisotopic (exact) mass is 232 g/mol. The van der Waals surface area contributed by atoms with Crippen molar-refractivity contribution in [3.8, 4) is 0 Å². The number of hydrogen-bond donors (Lipinski definition) is 2. The van der Waals surface area contributed by atoms with Gasteiger partial charge in [0, 0.05) is 11.3 Å². The molecule has 1 aromatic heterocycles. The SMILES string of the molecule is Cc1cc(N)ccc1C(=O)Nc1nnn(C)n1. The van der Waals surface area contributed by atoms with Crippen LogP contribution in [0.25, 0.3) is 0 Å². The number of anilines is 2. The van der Waals surface area contributed by atoms with Gasteiger partial charge in [-0.25, -0.2) is 0 Å². The molecule has 88 valence electrons. The minimum atomic E-state index is -0.282. The summed E-state index contributed by atoms with van der Waals surface area (Å²) in [4.78, 5) is 13.2. The molecule has 1 aromatic carbocycles. The fourth-order valence-corrected chi connectivity index (χ4v) is 1.44. The van der Waals surface area contributed by atoms with Crippen LogP contribution < -0.4 is 11.1 Å². The summed E-state index contributed by atoms with van der Waals surface area (Å²) >= 11 is 0. The third kappa shape index (κ3) is 2.39. The largest absolute Gasteiger partial charge is 0.399 e. The second-order valence-corrected chi connectivity index (χ2v) is 3.63. The molecule has 0 saturated carbocycles. The molecule has 0 radical (unpaired) electrons. The summed E-state index contributed by atoms with van der Waals surface area (Å²) in [6, 6.07) is 5.07. The molecule has 0 atom stereocenters. The van der Waals surface area contributed by atoms with E-state index in [-0.39, 0.29) is 11.9 Å². The number of hydrogen-bond acceptors (Lipinski definition) is 5. The van der Waals surface area contributed by atoms with E-state index in [1.165, 1.54) is 4.80 Å². The Kier molecular flexibility index (Phi) is 2.73. The van der Waals surface area contributed by atoms with Crippen molar-refractivity contribution in [3.05, 3.63) is 29.3 Å². The summed E-state index contributed by atoms with van der Waals surface area (Å²) in [5.74, 6) is -0.107. The quantitative estimate of drug-likeness (QED) is 0.728. The average molecular weight is 232 g/mol. The van der Waals surface area contributed by atoms with Crippen molar-refractivity contribution >= 4 is 17.5 Å². The van der Waals surface area contributed by atoms with Crippen molar-refractivity contribution in [1.82, 2.24) is 20.2 Å². The van der Waals surface area contributed by atoms with Gasteiger partial charge in [0.15, 0.2) is 0 Å². The Hall–Kier alpha value is -2.44. The molecule has 7 heteroatoms. The Morgan fingerprint density at radius 1 is 1.47 bits per heavy atom. The lowest BCUT2D eigenvalue weighted by Gasteiger charge is -2.05. The number of rotatable bonds is 2. The topological polar surface area (TPSA) is 98.7 Å². The third-order valence-electron chi connectivity index (χ3n) is 2.23. The van der Waals surface area contributed by atoms with Gasteiger partial charge in [0.2, 0.25) is 0 Å². The van der Waals surface area contributed by atoms with Gasteiger partial charge < -0.3 is 5.73 Å². The number of nitrogen functional groups attached to an aromatic ring is 1. The van der Waals surface area contributed by atoms with Crippen LogP contribution in [0.5, 0.6) is 0 Å². The normalized spacial score (nSPS) is 10.2. The van der Waals surface area contributed by atoms with Crippen LogP contribution in [0, 0.1) is 6.92 Å². The first-order valence-corrected chi connectivity index (χ1v) is 4.98. The van der Waals surface area contributed by atoms with Crippen molar-refractivity contribution in [2.75, 3.05) is 11.1 Å². The van der Waals surface area contributed by atoms with Gasteiger partial charge in [-0.2, -0.15) is 4.80 Å². The lowest BCUT2D eigenvalue weighted by atomic mass is 10.1. The van der Waals surface area contributed by atoms with Crippen LogP contribution in [0.4, 0.5) is 11.6 Å². The van der Waals surface area contributed by atoms with Gasteiger partial charge in [0.25, 0.3) is 11.9 Å². The molecular weight excluding hydrogens is 220 g/mol. The molecule has 0 saturated heterocycles. The van der Waals surface area contributed by atoms with E-state index in [0.717, 1.165) is 5.56 Å². The van der Waals surface area contributed by atoms with E-state index in [4.69, 9.17) is 5.73 Å². The Bertz CT molecular complexity index is 562. The first-order chi connectivity index (χ1) is 8.06. The average Bonchev–Trinajstić information content (AvgIpc) is 2.63. The molecule has 2 rings (SSSR count). The molecule has 0 fully saturated rings. The summed E-state index contributed by atoms with van der Waals surface area (Å²) < 4.78 is 0. The number of aromatic nitrogens is 4. The number of tetrazole rings is 1. The molecule has 3 N–H and O–H groups in total. The van der Waals surface area contributed by atoms with Crippen molar-refractivity contribution in [2.24, 2.45) is 7.05 Å². The number of carbonyl (C=O) groups excluding carboxylic acids is 1. The van der Waals surface area contributed by atoms with Gasteiger partial charge in [0.05, 0.1) is 7.05 Å². The molecule has 17 heavy (non-hydrogen) atoms. The van der Waals surface area contributed by atoms with Crippen molar-refractivity contribution in [3.63, 3.8) is 0 Å². The molecule has 0 spiro atoms. The molecule has 0 aliphatic carbocycles. The van der Waals surface area contributed by atoms with Gasteiger partial charge in [-0.05, 0) is 35.9 Å². The van der Waals surface area contributed by atoms with E-state index in [2.05, 4.69) is 20.7 Å². The van der Waals surface area contributed by atoms with Gasteiger partial charge in [-0.3, -0.25) is 10.1 Å². The van der Waals surface area contributed by atoms with Crippen molar-refractivity contribution < 1.29 is 4.79 Å². The van der Waals surface area contributed by atoms with E-state index in [1.54, 1.807) is 25.2 Å². The zero-order valence-corrected chi connectivity index (χ0v) is 9.51. The molecule has 2 aromatic rings. The smallest absolute Gasteiger partial charge is 0.270 e. The van der Waals surface area contributed by atoms with Crippen LogP contribution in [0.3, 0.4) is 0 Å². The summed E-state index contributed by atoms with van der Waals surface area (Å²) in [5, 5.41) is 13.7. The third-order valence-corrected chi connectivity index (χ3v) is 2.23. The minimum Gasteiger partial charge on any atom is -0.399 e. The lowest BCUT2D eigenvalue weighted by Crippen LogP contribution is -2.14. The predicted molar refractivity (Wildman–Crippen MR) is 62.3 cm³/mol. The number of benzene rings is 1. The summed E-state index contributed by atoms with van der Waals surface area (Å²) in [5.41, 5.74) is 7.57. The van der Waals surface area contributed by atoms with Crippen molar-refractivity contribution in [2.45, 2.75) is 6.92 Å². The van der Waals surface area contributed by atoms with Gasteiger partial charge in [-0.1, -0.05) is 5.10 Å². The van der Waals surface area contributed by atoms with Gasteiger partial charge in [-0.15, -0.1) is 5.10 Å². The Morgan fingerprint density at radius 3 is 2.82 bits per heavy atom. The van der Waals surface area contributed by atoms with Crippen LogP contribution in [0.2, 0.25) is 0 Å². The van der Waals surface area contributed by atoms with E-state index in [9.17, 15) is 4.79 Å². The maximum atomic E-state index is 11.9. The standard InChI is InChI=1S/C10H12N6O/c1-6-5-7(11)3-4-8(6)9(17)12-10-13-15-16(2)14-10/h3-5H,11H2,1-2H3,(H,12,14,17). The van der Waals surface area contributed by atoms with Crippen LogP contribution >= 0.6 is 0 Å². The molecular formula is C10H12N6O. The van der Waals surface area contributed by atoms with Crippen LogP contribution in [-0.2, 0) is 7.05 Å². The van der Waals surface area contributed by atoms with Crippen LogP contribution in [0.1, 0.15) is 15.9 Å². The molecule has 0 aliphatic rings. The zero-order chi connectivity index (χ0) is 12.4. The summed E-state index contributed by atoms with van der Waals surface area (Å²) in [6.45, 7) is 1.81. The number of aryl methyl sites for hydroxylation is 2. The second-order valence-electron chi connectivity index (χ2n) is 3.63. The van der Waals surface area contributed by atoms with E-state index < -0.39 is 0 Å². The maximum absolute atomic E-state index is 11.9. The second kappa shape index (κ2) is 4.20. The molecule has 1 heterocycles. The molecule has 1 amide bonds. The number of amides is 1.